The van der Waals surface area contributed by atoms with Crippen molar-refractivity contribution in [2.45, 2.75) is 40.2 Å². The average Bonchev–Trinajstić information content (AvgIpc) is 3.12. The molecule has 0 saturated heterocycles. The van der Waals surface area contributed by atoms with Crippen molar-refractivity contribution in [3.05, 3.63) is 28.6 Å². The van der Waals surface area contributed by atoms with E-state index in [1.165, 1.54) is 11.3 Å². The number of amides is 2. The van der Waals surface area contributed by atoms with Gasteiger partial charge in [0, 0.05) is 29.1 Å². The molecule has 8 heteroatoms. The van der Waals surface area contributed by atoms with Crippen LogP contribution in [0.1, 0.15) is 31.2 Å². The summed E-state index contributed by atoms with van der Waals surface area (Å²) in [6.07, 6.45) is 0.790. The summed E-state index contributed by atoms with van der Waals surface area (Å²) in [5, 5.41) is 2.83. The van der Waals surface area contributed by atoms with E-state index in [1.807, 2.05) is 32.0 Å². The number of carbonyl (C=O) groups excluding carboxylic acids is 3. The fraction of sp³-hybridized carbons (Fsp3) is 0.368. The van der Waals surface area contributed by atoms with E-state index >= 15 is 0 Å². The minimum atomic E-state index is -0.928. The number of fused-ring (bicyclic) bond motifs is 1. The second-order valence-electron chi connectivity index (χ2n) is 6.38. The number of esters is 1. The summed E-state index contributed by atoms with van der Waals surface area (Å²) in [5.74, 6) is -1.73. The van der Waals surface area contributed by atoms with Crippen molar-refractivity contribution in [3.8, 4) is 11.3 Å². The van der Waals surface area contributed by atoms with E-state index < -0.39 is 11.9 Å². The largest absolute Gasteiger partial charge is 0.459 e. The van der Waals surface area contributed by atoms with E-state index in [4.69, 9.17) is 0 Å². The molecule has 2 heterocycles. The van der Waals surface area contributed by atoms with Crippen molar-refractivity contribution in [1.82, 2.24) is 4.98 Å². The summed E-state index contributed by atoms with van der Waals surface area (Å²) in [6, 6.07) is 6.02. The van der Waals surface area contributed by atoms with Gasteiger partial charge in [0.1, 0.15) is 0 Å². The molecule has 0 aliphatic carbocycles. The number of benzene rings is 1. The Morgan fingerprint density at radius 1 is 1.37 bits per heavy atom. The third-order valence-corrected chi connectivity index (χ3v) is 5.27. The molecule has 0 radical (unpaired) electrons. The van der Waals surface area contributed by atoms with E-state index in [-0.39, 0.29) is 18.6 Å². The molecule has 0 bridgehead atoms. The Morgan fingerprint density at radius 3 is 2.78 bits per heavy atom. The molecule has 0 fully saturated rings. The summed E-state index contributed by atoms with van der Waals surface area (Å²) >= 11 is 1.30. The molecule has 1 aromatic heterocycles. The highest BCUT2D eigenvalue weighted by Gasteiger charge is 2.29. The maximum atomic E-state index is 11.9. The summed E-state index contributed by atoms with van der Waals surface area (Å²) in [5.41, 5.74) is 3.69. The zero-order valence-electron chi connectivity index (χ0n) is 15.7. The number of aryl methyl sites for hydroxylation is 1. The Hall–Kier alpha value is -2.74. The van der Waals surface area contributed by atoms with Crippen LogP contribution >= 0.6 is 11.3 Å². The smallest absolute Gasteiger partial charge is 0.397 e. The summed E-state index contributed by atoms with van der Waals surface area (Å²) < 4.78 is 4.68. The molecular formula is C19H21N3O4S. The van der Waals surface area contributed by atoms with Crippen LogP contribution in [-0.2, 0) is 25.5 Å². The van der Waals surface area contributed by atoms with Gasteiger partial charge in [-0.2, -0.15) is 0 Å². The molecule has 7 nitrogen and oxygen atoms in total. The number of hydrogen-bond donors (Lipinski definition) is 1. The number of nitrogens with zero attached hydrogens (tertiary/aromatic N) is 2. The SMILES string of the molecule is CCOC(=O)C(=O)Nc1nc(-c2ccc3c(c2)CC(C)N3C(C)=O)c(C)s1. The molecule has 1 atom stereocenters. The number of ether oxygens (including phenoxy) is 1. The number of carbonyl (C=O) groups is 3. The van der Waals surface area contributed by atoms with E-state index in [0.29, 0.717) is 5.13 Å². The number of rotatable bonds is 3. The quantitative estimate of drug-likeness (QED) is 0.646. The first-order valence-corrected chi connectivity index (χ1v) is 9.52. The average molecular weight is 387 g/mol. The molecule has 1 aliphatic rings. The molecule has 1 aromatic carbocycles. The fourth-order valence-corrected chi connectivity index (χ4v) is 4.15. The van der Waals surface area contributed by atoms with Crippen molar-refractivity contribution in [1.29, 1.82) is 0 Å². The molecule has 1 N–H and O–H groups in total. The molecule has 0 saturated carbocycles. The van der Waals surface area contributed by atoms with Gasteiger partial charge >= 0.3 is 11.9 Å². The first-order chi connectivity index (χ1) is 12.8. The number of nitrogens with one attached hydrogen (secondary N) is 1. The van der Waals surface area contributed by atoms with Crippen LogP contribution in [0.25, 0.3) is 11.3 Å². The minimum absolute atomic E-state index is 0.0304. The van der Waals surface area contributed by atoms with Crippen LogP contribution in [0.15, 0.2) is 18.2 Å². The minimum Gasteiger partial charge on any atom is -0.459 e. The first-order valence-electron chi connectivity index (χ1n) is 8.70. The molecule has 1 aliphatic heterocycles. The molecule has 142 valence electrons. The van der Waals surface area contributed by atoms with Gasteiger partial charge in [-0.1, -0.05) is 6.07 Å². The van der Waals surface area contributed by atoms with Crippen LogP contribution in [0.5, 0.6) is 0 Å². The Bertz CT molecular complexity index is 922. The van der Waals surface area contributed by atoms with Crippen LogP contribution in [0.3, 0.4) is 0 Å². The number of aromatic nitrogens is 1. The fourth-order valence-electron chi connectivity index (χ4n) is 3.32. The molecule has 3 rings (SSSR count). The monoisotopic (exact) mass is 387 g/mol. The second kappa shape index (κ2) is 7.48. The molecule has 2 amide bonds. The topological polar surface area (TPSA) is 88.6 Å². The van der Waals surface area contributed by atoms with Crippen LogP contribution in [0, 0.1) is 6.92 Å². The third-order valence-electron chi connectivity index (χ3n) is 4.39. The van der Waals surface area contributed by atoms with Gasteiger partial charge < -0.3 is 9.64 Å². The predicted octanol–water partition coefficient (Wildman–Crippen LogP) is 2.92. The molecular weight excluding hydrogens is 366 g/mol. The number of hydrogen-bond acceptors (Lipinski definition) is 6. The summed E-state index contributed by atoms with van der Waals surface area (Å²) in [6.45, 7) is 7.28. The standard InChI is InChI=1S/C19H21N3O4S/c1-5-26-18(25)17(24)21-19-20-16(11(3)27-19)13-6-7-15-14(9-13)8-10(2)22(15)12(4)23/h6-7,9-10H,5,8H2,1-4H3,(H,20,21,24). The lowest BCUT2D eigenvalue weighted by Crippen LogP contribution is -2.33. The molecule has 27 heavy (non-hydrogen) atoms. The predicted molar refractivity (Wildman–Crippen MR) is 104 cm³/mol. The van der Waals surface area contributed by atoms with Gasteiger partial charge in [-0.3, -0.25) is 14.9 Å². The van der Waals surface area contributed by atoms with Gasteiger partial charge in [0.25, 0.3) is 0 Å². The van der Waals surface area contributed by atoms with Crippen molar-refractivity contribution < 1.29 is 19.1 Å². The normalized spacial score (nSPS) is 15.4. The highest BCUT2D eigenvalue weighted by Crippen LogP contribution is 2.37. The maximum absolute atomic E-state index is 11.9. The lowest BCUT2D eigenvalue weighted by atomic mass is 10.0. The Morgan fingerprint density at radius 2 is 2.11 bits per heavy atom. The highest BCUT2D eigenvalue weighted by atomic mass is 32.1. The lowest BCUT2D eigenvalue weighted by Gasteiger charge is -2.20. The van der Waals surface area contributed by atoms with Gasteiger partial charge in [-0.05, 0) is 44.9 Å². The van der Waals surface area contributed by atoms with E-state index in [2.05, 4.69) is 15.0 Å². The van der Waals surface area contributed by atoms with E-state index in [0.717, 1.165) is 33.8 Å². The zero-order valence-corrected chi connectivity index (χ0v) is 16.5. The van der Waals surface area contributed by atoms with Crippen LogP contribution < -0.4 is 10.2 Å². The molecule has 0 spiro atoms. The third kappa shape index (κ3) is 3.71. The van der Waals surface area contributed by atoms with Crippen molar-refractivity contribution in [2.24, 2.45) is 0 Å². The van der Waals surface area contributed by atoms with Crippen molar-refractivity contribution in [2.75, 3.05) is 16.8 Å². The Kier molecular flexibility index (Phi) is 5.27. The van der Waals surface area contributed by atoms with Crippen LogP contribution in [0.2, 0.25) is 0 Å². The summed E-state index contributed by atoms with van der Waals surface area (Å²) in [7, 11) is 0. The van der Waals surface area contributed by atoms with Gasteiger partial charge in [0.2, 0.25) is 5.91 Å². The zero-order chi connectivity index (χ0) is 19.7. The number of thiazole rings is 1. The van der Waals surface area contributed by atoms with Gasteiger partial charge in [-0.25, -0.2) is 9.78 Å². The van der Waals surface area contributed by atoms with Crippen LogP contribution in [-0.4, -0.2) is 35.4 Å². The van der Waals surface area contributed by atoms with E-state index in [9.17, 15) is 14.4 Å². The molecule has 1 unspecified atom stereocenters. The highest BCUT2D eigenvalue weighted by molar-refractivity contribution is 7.16. The maximum Gasteiger partial charge on any atom is 0.397 e. The number of anilines is 2. The lowest BCUT2D eigenvalue weighted by molar-refractivity contribution is -0.152. The second-order valence-corrected chi connectivity index (χ2v) is 7.59. The van der Waals surface area contributed by atoms with Gasteiger partial charge in [0.05, 0.1) is 12.3 Å². The Balaban J connectivity index is 1.85. The first kappa shape index (κ1) is 19.0. The Labute approximate surface area is 161 Å². The van der Waals surface area contributed by atoms with Crippen molar-refractivity contribution >= 4 is 39.9 Å². The van der Waals surface area contributed by atoms with Crippen LogP contribution in [0.4, 0.5) is 10.8 Å². The van der Waals surface area contributed by atoms with E-state index in [1.54, 1.807) is 18.7 Å². The summed E-state index contributed by atoms with van der Waals surface area (Å²) in [4.78, 5) is 42.3. The van der Waals surface area contributed by atoms with Gasteiger partial charge in [0.15, 0.2) is 5.13 Å². The van der Waals surface area contributed by atoms with Crippen molar-refractivity contribution in [3.63, 3.8) is 0 Å². The molecule has 2 aromatic rings. The van der Waals surface area contributed by atoms with Gasteiger partial charge in [-0.15, -0.1) is 11.3 Å².